The van der Waals surface area contributed by atoms with Crippen LogP contribution in [0.25, 0.3) is 11.1 Å². The Hall–Kier alpha value is -3.60. The van der Waals surface area contributed by atoms with E-state index >= 15 is 0 Å². The number of anilines is 2. The van der Waals surface area contributed by atoms with Gasteiger partial charge < -0.3 is 15.5 Å². The van der Waals surface area contributed by atoms with Crippen LogP contribution in [0.4, 0.5) is 16.2 Å². The quantitative estimate of drug-likeness (QED) is 0.490. The van der Waals surface area contributed by atoms with Gasteiger partial charge in [-0.3, -0.25) is 4.79 Å². The van der Waals surface area contributed by atoms with Gasteiger partial charge in [0, 0.05) is 24.5 Å². The van der Waals surface area contributed by atoms with Crippen molar-refractivity contribution in [3.05, 3.63) is 83.9 Å². The van der Waals surface area contributed by atoms with E-state index in [0.717, 1.165) is 30.6 Å². The molecule has 0 bridgehead atoms. The average Bonchev–Trinajstić information content (AvgIpc) is 3.18. The van der Waals surface area contributed by atoms with Crippen LogP contribution >= 0.6 is 0 Å². The van der Waals surface area contributed by atoms with Gasteiger partial charge in [0.15, 0.2) is 0 Å². The molecule has 1 aliphatic carbocycles. The summed E-state index contributed by atoms with van der Waals surface area (Å²) in [7, 11) is 0. The molecule has 2 N–H and O–H groups in total. The Morgan fingerprint density at radius 3 is 2.45 bits per heavy atom. The first-order valence-electron chi connectivity index (χ1n) is 10.8. The molecule has 3 aromatic carbocycles. The van der Waals surface area contributed by atoms with Gasteiger partial charge in [0.2, 0.25) is 5.91 Å². The van der Waals surface area contributed by atoms with Crippen LogP contribution in [0.3, 0.4) is 0 Å². The molecule has 1 atom stereocenters. The Morgan fingerprint density at radius 2 is 1.58 bits per heavy atom. The number of nitrogens with zero attached hydrogens (tertiary/aromatic N) is 1. The lowest BCUT2D eigenvalue weighted by Crippen LogP contribution is -2.45. The second-order valence-corrected chi connectivity index (χ2v) is 8.28. The van der Waals surface area contributed by atoms with Crippen LogP contribution in [0.2, 0.25) is 0 Å². The van der Waals surface area contributed by atoms with E-state index < -0.39 is 0 Å². The van der Waals surface area contributed by atoms with Crippen molar-refractivity contribution < 1.29 is 9.59 Å². The molecule has 1 aliphatic heterocycles. The van der Waals surface area contributed by atoms with Crippen molar-refractivity contribution in [2.75, 3.05) is 23.7 Å². The number of likely N-dealkylation sites (tertiary alicyclic amines) is 1. The highest BCUT2D eigenvalue weighted by Gasteiger charge is 2.29. The summed E-state index contributed by atoms with van der Waals surface area (Å²) in [6.45, 7) is 1.09. The van der Waals surface area contributed by atoms with E-state index in [-0.39, 0.29) is 17.9 Å². The number of benzene rings is 3. The van der Waals surface area contributed by atoms with E-state index in [1.165, 1.54) is 22.3 Å². The zero-order valence-corrected chi connectivity index (χ0v) is 17.3. The number of carbonyl (C=O) groups excluding carboxylic acids is 2. The van der Waals surface area contributed by atoms with Crippen LogP contribution < -0.4 is 10.6 Å². The molecule has 2 aliphatic rings. The SMILES string of the molecule is O=C(Nc1ccc2c(c1)-c1ccccc1C2)[C@@H]1CCCN(C(=O)Nc2ccccc2)C1. The zero-order chi connectivity index (χ0) is 21.2. The van der Waals surface area contributed by atoms with Crippen molar-refractivity contribution in [3.63, 3.8) is 0 Å². The first-order chi connectivity index (χ1) is 15.2. The first-order valence-corrected chi connectivity index (χ1v) is 10.8. The summed E-state index contributed by atoms with van der Waals surface area (Å²) < 4.78 is 0. The Morgan fingerprint density at radius 1 is 0.806 bits per heavy atom. The number of fused-ring (bicyclic) bond motifs is 3. The van der Waals surface area contributed by atoms with Gasteiger partial charge in [-0.25, -0.2) is 4.79 Å². The molecule has 156 valence electrons. The summed E-state index contributed by atoms with van der Waals surface area (Å²) >= 11 is 0. The van der Waals surface area contributed by atoms with Gasteiger partial charge in [0.1, 0.15) is 0 Å². The lowest BCUT2D eigenvalue weighted by atomic mass is 9.97. The van der Waals surface area contributed by atoms with Crippen LogP contribution in [0.1, 0.15) is 24.0 Å². The van der Waals surface area contributed by atoms with E-state index in [1.807, 2.05) is 36.4 Å². The summed E-state index contributed by atoms with van der Waals surface area (Å²) in [6.07, 6.45) is 2.54. The molecular formula is C26H25N3O2. The highest BCUT2D eigenvalue weighted by Crippen LogP contribution is 2.38. The smallest absolute Gasteiger partial charge is 0.321 e. The monoisotopic (exact) mass is 411 g/mol. The van der Waals surface area contributed by atoms with E-state index in [9.17, 15) is 9.59 Å². The molecule has 0 aromatic heterocycles. The van der Waals surface area contributed by atoms with Crippen LogP contribution in [0.5, 0.6) is 0 Å². The number of carbonyl (C=O) groups is 2. The molecule has 5 heteroatoms. The predicted molar refractivity (Wildman–Crippen MR) is 123 cm³/mol. The summed E-state index contributed by atoms with van der Waals surface area (Å²) in [6, 6.07) is 23.8. The highest BCUT2D eigenvalue weighted by molar-refractivity contribution is 5.95. The number of hydrogen-bond donors (Lipinski definition) is 2. The average molecular weight is 412 g/mol. The number of para-hydroxylation sites is 1. The molecule has 5 rings (SSSR count). The fourth-order valence-corrected chi connectivity index (χ4v) is 4.55. The molecule has 0 unspecified atom stereocenters. The number of hydrogen-bond acceptors (Lipinski definition) is 2. The number of urea groups is 1. The van der Waals surface area contributed by atoms with E-state index in [4.69, 9.17) is 0 Å². The van der Waals surface area contributed by atoms with Crippen LogP contribution in [-0.2, 0) is 11.2 Å². The van der Waals surface area contributed by atoms with Gasteiger partial charge in [0.05, 0.1) is 5.92 Å². The Labute approximate surface area is 182 Å². The minimum atomic E-state index is -0.212. The van der Waals surface area contributed by atoms with Crippen molar-refractivity contribution >= 4 is 23.3 Å². The molecule has 0 spiro atoms. The topological polar surface area (TPSA) is 61.4 Å². The standard InChI is InChI=1S/C26H25N3O2/c30-25(20-8-6-14-29(17-20)26(31)28-21-9-2-1-3-10-21)27-22-13-12-19-15-18-7-4-5-11-23(18)24(19)16-22/h1-5,7,9-13,16,20H,6,8,14-15,17H2,(H,27,30)(H,28,31)/t20-/m1/s1. The first kappa shape index (κ1) is 19.4. The van der Waals surface area contributed by atoms with Crippen molar-refractivity contribution in [2.24, 2.45) is 5.92 Å². The predicted octanol–water partition coefficient (Wildman–Crippen LogP) is 5.14. The van der Waals surface area contributed by atoms with Crippen molar-refractivity contribution in [1.29, 1.82) is 0 Å². The van der Waals surface area contributed by atoms with Gasteiger partial charge in [-0.1, -0.05) is 48.5 Å². The molecule has 1 heterocycles. The van der Waals surface area contributed by atoms with Crippen molar-refractivity contribution in [1.82, 2.24) is 4.90 Å². The van der Waals surface area contributed by atoms with Gasteiger partial charge in [0.25, 0.3) is 0 Å². The molecule has 1 fully saturated rings. The zero-order valence-electron chi connectivity index (χ0n) is 17.3. The number of piperidine rings is 1. The molecule has 5 nitrogen and oxygen atoms in total. The molecule has 0 saturated carbocycles. The molecular weight excluding hydrogens is 386 g/mol. The Balaban J connectivity index is 1.24. The summed E-state index contributed by atoms with van der Waals surface area (Å²) in [5.74, 6) is -0.237. The number of nitrogens with one attached hydrogen (secondary N) is 2. The number of rotatable bonds is 3. The van der Waals surface area contributed by atoms with E-state index in [0.29, 0.717) is 13.1 Å². The highest BCUT2D eigenvalue weighted by atomic mass is 16.2. The third-order valence-corrected chi connectivity index (χ3v) is 6.17. The third kappa shape index (κ3) is 4.04. The fourth-order valence-electron chi connectivity index (χ4n) is 4.55. The minimum Gasteiger partial charge on any atom is -0.326 e. The maximum absolute atomic E-state index is 13.0. The summed E-state index contributed by atoms with van der Waals surface area (Å²) in [4.78, 5) is 27.3. The summed E-state index contributed by atoms with van der Waals surface area (Å²) in [5.41, 5.74) is 6.63. The molecule has 3 aromatic rings. The van der Waals surface area contributed by atoms with Gasteiger partial charge in [-0.2, -0.15) is 0 Å². The summed E-state index contributed by atoms with van der Waals surface area (Å²) in [5, 5.41) is 6.00. The van der Waals surface area contributed by atoms with Crippen LogP contribution in [-0.4, -0.2) is 29.9 Å². The lowest BCUT2D eigenvalue weighted by Gasteiger charge is -2.32. The second kappa shape index (κ2) is 8.26. The van der Waals surface area contributed by atoms with Crippen LogP contribution in [0, 0.1) is 5.92 Å². The van der Waals surface area contributed by atoms with E-state index in [2.05, 4.69) is 47.0 Å². The Kier molecular flexibility index (Phi) is 5.16. The Bertz CT molecular complexity index is 1130. The molecule has 0 radical (unpaired) electrons. The molecule has 1 saturated heterocycles. The number of amides is 3. The normalized spacial score (nSPS) is 16.9. The lowest BCUT2D eigenvalue weighted by molar-refractivity contribution is -0.121. The van der Waals surface area contributed by atoms with Gasteiger partial charge in [-0.15, -0.1) is 0 Å². The molecule has 3 amide bonds. The maximum Gasteiger partial charge on any atom is 0.321 e. The maximum atomic E-state index is 13.0. The fraction of sp³-hybridized carbons (Fsp3) is 0.231. The van der Waals surface area contributed by atoms with Crippen molar-refractivity contribution in [3.8, 4) is 11.1 Å². The minimum absolute atomic E-state index is 0.0246. The third-order valence-electron chi connectivity index (χ3n) is 6.17. The van der Waals surface area contributed by atoms with Gasteiger partial charge >= 0.3 is 6.03 Å². The van der Waals surface area contributed by atoms with E-state index in [1.54, 1.807) is 4.90 Å². The van der Waals surface area contributed by atoms with Crippen LogP contribution in [0.15, 0.2) is 72.8 Å². The largest absolute Gasteiger partial charge is 0.326 e. The van der Waals surface area contributed by atoms with Gasteiger partial charge in [-0.05, 0) is 65.8 Å². The second-order valence-electron chi connectivity index (χ2n) is 8.28. The van der Waals surface area contributed by atoms with Crippen molar-refractivity contribution in [2.45, 2.75) is 19.3 Å². The molecule has 31 heavy (non-hydrogen) atoms.